The van der Waals surface area contributed by atoms with E-state index in [4.69, 9.17) is 5.11 Å². The van der Waals surface area contributed by atoms with Crippen molar-refractivity contribution in [2.75, 3.05) is 26.0 Å². The lowest BCUT2D eigenvalue weighted by atomic mass is 9.83. The van der Waals surface area contributed by atoms with Gasteiger partial charge in [-0.05, 0) is 74.2 Å². The molecule has 35 heavy (non-hydrogen) atoms. The SMILES string of the molecule is C[C@H]1Cc2cc(NC(=O)N(C)C)ccc2[C@H](c2c(F)cc(/C=C/C(=O)O)cc2F)N1CC(C)(C)F. The number of hydrogen-bond donors (Lipinski definition) is 2. The molecule has 0 saturated carbocycles. The van der Waals surface area contributed by atoms with Crippen molar-refractivity contribution in [3.05, 3.63) is 70.3 Å². The Bertz CT molecular complexity index is 1140. The minimum absolute atomic E-state index is 0.0586. The van der Waals surface area contributed by atoms with Gasteiger partial charge in [0.05, 0.1) is 6.04 Å². The Morgan fingerprint density at radius 2 is 1.83 bits per heavy atom. The monoisotopic (exact) mass is 489 g/mol. The first-order valence-corrected chi connectivity index (χ1v) is 11.2. The van der Waals surface area contributed by atoms with Crippen molar-refractivity contribution in [1.29, 1.82) is 0 Å². The van der Waals surface area contributed by atoms with Gasteiger partial charge in [0.15, 0.2) is 0 Å². The number of nitrogens with zero attached hydrogens (tertiary/aromatic N) is 2. The molecular formula is C26H30F3N3O3. The van der Waals surface area contributed by atoms with Crippen LogP contribution in [0.15, 0.2) is 36.4 Å². The number of hydrogen-bond acceptors (Lipinski definition) is 3. The summed E-state index contributed by atoms with van der Waals surface area (Å²) in [6, 6.07) is 5.79. The number of nitrogens with one attached hydrogen (secondary N) is 1. The van der Waals surface area contributed by atoms with Crippen molar-refractivity contribution in [1.82, 2.24) is 9.80 Å². The third-order valence-electron chi connectivity index (χ3n) is 5.86. The minimum atomic E-state index is -1.62. The Labute approximate surface area is 203 Å². The molecule has 1 aliphatic heterocycles. The molecule has 9 heteroatoms. The maximum Gasteiger partial charge on any atom is 0.328 e. The van der Waals surface area contributed by atoms with Gasteiger partial charge >= 0.3 is 12.0 Å². The summed E-state index contributed by atoms with van der Waals surface area (Å²) < 4.78 is 45.6. The van der Waals surface area contributed by atoms with Crippen LogP contribution in [0.1, 0.15) is 49.1 Å². The van der Waals surface area contributed by atoms with E-state index in [1.807, 2.05) is 6.92 Å². The summed E-state index contributed by atoms with van der Waals surface area (Å²) in [6.45, 7) is 4.64. The highest BCUT2D eigenvalue weighted by atomic mass is 19.1. The Kier molecular flexibility index (Phi) is 7.59. The van der Waals surface area contributed by atoms with Gasteiger partial charge in [0.1, 0.15) is 17.3 Å². The predicted octanol–water partition coefficient (Wildman–Crippen LogP) is 5.24. The van der Waals surface area contributed by atoms with E-state index in [1.54, 1.807) is 37.2 Å². The molecule has 2 amide bonds. The molecule has 2 atom stereocenters. The maximum absolute atomic E-state index is 15.4. The standard InChI is InChI=1S/C26H30F3N3O3/c1-15-10-17-13-18(30-25(35)31(4)5)7-8-19(17)24(32(15)14-26(2,3)29)23-20(27)11-16(12-21(23)28)6-9-22(33)34/h6-9,11-13,15,24H,10,14H2,1-5H3,(H,30,35)(H,33,34)/b9-6+/t15-,24+/m0/s1. The minimum Gasteiger partial charge on any atom is -0.478 e. The second-order valence-electron chi connectivity index (χ2n) is 9.65. The number of carbonyl (C=O) groups excluding carboxylic acids is 1. The number of aliphatic carboxylic acids is 1. The Balaban J connectivity index is 2.14. The highest BCUT2D eigenvalue weighted by Crippen LogP contribution is 2.42. The quantitative estimate of drug-likeness (QED) is 0.545. The number of anilines is 1. The number of rotatable bonds is 6. The van der Waals surface area contributed by atoms with Crippen LogP contribution in [-0.2, 0) is 11.2 Å². The van der Waals surface area contributed by atoms with E-state index in [-0.39, 0.29) is 29.7 Å². The van der Waals surface area contributed by atoms with Gasteiger partial charge in [-0.15, -0.1) is 0 Å². The molecule has 0 aliphatic carbocycles. The molecule has 0 bridgehead atoms. The van der Waals surface area contributed by atoms with Gasteiger partial charge in [-0.1, -0.05) is 6.07 Å². The van der Waals surface area contributed by atoms with Gasteiger partial charge in [0.25, 0.3) is 0 Å². The third kappa shape index (κ3) is 6.22. The van der Waals surface area contributed by atoms with E-state index >= 15 is 8.78 Å². The molecule has 1 heterocycles. The Hall–Kier alpha value is -3.33. The van der Waals surface area contributed by atoms with Crippen LogP contribution in [0.5, 0.6) is 0 Å². The van der Waals surface area contributed by atoms with Crippen molar-refractivity contribution in [2.24, 2.45) is 0 Å². The van der Waals surface area contributed by atoms with Crippen LogP contribution in [0.4, 0.5) is 23.7 Å². The van der Waals surface area contributed by atoms with Crippen molar-refractivity contribution in [2.45, 2.75) is 44.9 Å². The van der Waals surface area contributed by atoms with Gasteiger partial charge in [-0.3, -0.25) is 4.90 Å². The van der Waals surface area contributed by atoms with Gasteiger partial charge in [0, 0.05) is 44.0 Å². The average Bonchev–Trinajstić information content (AvgIpc) is 2.72. The lowest BCUT2D eigenvalue weighted by Gasteiger charge is -2.44. The molecule has 0 unspecified atom stereocenters. The molecule has 0 fully saturated rings. The fourth-order valence-electron chi connectivity index (χ4n) is 4.36. The molecule has 2 aromatic carbocycles. The summed E-state index contributed by atoms with van der Waals surface area (Å²) in [5.74, 6) is -2.95. The molecule has 188 valence electrons. The topological polar surface area (TPSA) is 72.9 Å². The first-order valence-electron chi connectivity index (χ1n) is 11.2. The number of amides is 2. The lowest BCUT2D eigenvalue weighted by molar-refractivity contribution is -0.131. The first kappa shape index (κ1) is 26.3. The van der Waals surface area contributed by atoms with Crippen molar-refractivity contribution in [3.8, 4) is 0 Å². The first-order chi connectivity index (χ1) is 16.3. The van der Waals surface area contributed by atoms with Crippen LogP contribution in [0.3, 0.4) is 0 Å². The molecule has 1 aliphatic rings. The van der Waals surface area contributed by atoms with Crippen molar-refractivity contribution in [3.63, 3.8) is 0 Å². The third-order valence-corrected chi connectivity index (χ3v) is 5.86. The maximum atomic E-state index is 15.4. The Morgan fingerprint density at radius 1 is 1.20 bits per heavy atom. The highest BCUT2D eigenvalue weighted by molar-refractivity contribution is 5.89. The second-order valence-corrected chi connectivity index (χ2v) is 9.65. The average molecular weight is 490 g/mol. The number of benzene rings is 2. The number of fused-ring (bicyclic) bond motifs is 1. The summed E-state index contributed by atoms with van der Waals surface area (Å²) >= 11 is 0. The number of alkyl halides is 1. The summed E-state index contributed by atoms with van der Waals surface area (Å²) in [7, 11) is 3.23. The number of carboxylic acids is 1. The number of carboxylic acid groups (broad SMARTS) is 1. The molecule has 3 rings (SSSR count). The number of urea groups is 1. The van der Waals surface area contributed by atoms with E-state index in [0.717, 1.165) is 29.8 Å². The van der Waals surface area contributed by atoms with Crippen LogP contribution in [0.25, 0.3) is 6.08 Å². The van der Waals surface area contributed by atoms with Gasteiger partial charge < -0.3 is 15.3 Å². The lowest BCUT2D eigenvalue weighted by Crippen LogP contribution is -2.48. The predicted molar refractivity (Wildman–Crippen MR) is 129 cm³/mol. The number of halogens is 3. The van der Waals surface area contributed by atoms with Crippen molar-refractivity contribution < 1.29 is 27.9 Å². The number of carbonyl (C=O) groups is 2. The van der Waals surface area contributed by atoms with E-state index in [2.05, 4.69) is 5.32 Å². The zero-order valence-electron chi connectivity index (χ0n) is 20.4. The zero-order chi connectivity index (χ0) is 26.1. The second kappa shape index (κ2) is 10.1. The zero-order valence-corrected chi connectivity index (χ0v) is 20.4. The van der Waals surface area contributed by atoms with E-state index < -0.39 is 29.3 Å². The summed E-state index contributed by atoms with van der Waals surface area (Å²) in [6.07, 6.45) is 2.40. The highest BCUT2D eigenvalue weighted by Gasteiger charge is 2.39. The van der Waals surface area contributed by atoms with Crippen LogP contribution in [0, 0.1) is 11.6 Å². The summed E-state index contributed by atoms with van der Waals surface area (Å²) in [5.41, 5.74) is 0.153. The molecule has 6 nitrogen and oxygen atoms in total. The normalized spacial score (nSPS) is 18.4. The van der Waals surface area contributed by atoms with Crippen LogP contribution >= 0.6 is 0 Å². The van der Waals surface area contributed by atoms with E-state index in [9.17, 15) is 14.0 Å². The molecule has 2 N–H and O–H groups in total. The van der Waals surface area contributed by atoms with E-state index in [0.29, 0.717) is 17.7 Å². The largest absolute Gasteiger partial charge is 0.478 e. The van der Waals surface area contributed by atoms with Gasteiger partial charge in [0.2, 0.25) is 0 Å². The molecule has 0 aromatic heterocycles. The smallest absolute Gasteiger partial charge is 0.328 e. The molecule has 0 spiro atoms. The fourth-order valence-corrected chi connectivity index (χ4v) is 4.36. The van der Waals surface area contributed by atoms with Gasteiger partial charge in [-0.25, -0.2) is 22.8 Å². The van der Waals surface area contributed by atoms with E-state index in [1.165, 1.54) is 18.7 Å². The summed E-state index contributed by atoms with van der Waals surface area (Å²) in [4.78, 5) is 26.0. The molecular weight excluding hydrogens is 459 g/mol. The fraction of sp³-hybridized carbons (Fsp3) is 0.385. The van der Waals surface area contributed by atoms with Crippen LogP contribution in [-0.4, -0.2) is 59.3 Å². The van der Waals surface area contributed by atoms with Gasteiger partial charge in [-0.2, -0.15) is 0 Å². The van der Waals surface area contributed by atoms with Crippen LogP contribution in [0.2, 0.25) is 0 Å². The Morgan fingerprint density at radius 3 is 2.37 bits per heavy atom. The van der Waals surface area contributed by atoms with Crippen LogP contribution < -0.4 is 5.32 Å². The summed E-state index contributed by atoms with van der Waals surface area (Å²) in [5, 5.41) is 11.6. The van der Waals surface area contributed by atoms with Crippen molar-refractivity contribution >= 4 is 23.8 Å². The molecule has 0 radical (unpaired) electrons. The molecule has 0 saturated heterocycles. The molecule has 2 aromatic rings.